The van der Waals surface area contributed by atoms with Gasteiger partial charge in [-0.3, -0.25) is 4.98 Å². The van der Waals surface area contributed by atoms with Crippen LogP contribution in [0, 0.1) is 17.1 Å². The van der Waals surface area contributed by atoms with E-state index in [0.29, 0.717) is 39.2 Å². The Morgan fingerprint density at radius 3 is 2.62 bits per heavy atom. The van der Waals surface area contributed by atoms with Crippen molar-refractivity contribution in [1.82, 2.24) is 20.0 Å². The van der Waals surface area contributed by atoms with Gasteiger partial charge in [0.25, 0.3) is 0 Å². The van der Waals surface area contributed by atoms with Crippen molar-refractivity contribution < 1.29 is 4.39 Å². The third kappa shape index (κ3) is 5.24. The zero-order valence-corrected chi connectivity index (χ0v) is 22.8. The summed E-state index contributed by atoms with van der Waals surface area (Å²) in [5.74, 6) is 0.432. The van der Waals surface area contributed by atoms with Crippen molar-refractivity contribution in [3.63, 3.8) is 0 Å². The van der Waals surface area contributed by atoms with Crippen LogP contribution in [0.5, 0.6) is 0 Å². The van der Waals surface area contributed by atoms with E-state index in [0.717, 1.165) is 29.7 Å². The number of fused-ring (bicyclic) bond motifs is 1. The van der Waals surface area contributed by atoms with E-state index in [4.69, 9.17) is 11.6 Å². The molecule has 11 heteroatoms. The summed E-state index contributed by atoms with van der Waals surface area (Å²) in [5, 5.41) is 26.9. The predicted octanol–water partition coefficient (Wildman–Crippen LogP) is 4.84. The fraction of sp³-hybridized carbons (Fsp3) is 0.308. The zero-order chi connectivity index (χ0) is 26.4. The maximum Gasteiger partial charge on any atom is 0.148 e. The number of rotatable bonds is 8. The Labute approximate surface area is 223 Å². The number of anilines is 2. The summed E-state index contributed by atoms with van der Waals surface area (Å²) in [6.07, 6.45) is 12.3. The van der Waals surface area contributed by atoms with Gasteiger partial charge in [-0.2, -0.15) is 5.26 Å². The molecule has 7 nitrogen and oxygen atoms in total. The van der Waals surface area contributed by atoms with E-state index >= 15 is 0 Å². The van der Waals surface area contributed by atoms with E-state index < -0.39 is 15.5 Å². The molecule has 5 rings (SSSR count). The van der Waals surface area contributed by atoms with Gasteiger partial charge in [-0.05, 0) is 61.4 Å². The number of hydrogen-bond acceptors (Lipinski definition) is 6. The molecule has 1 saturated carbocycles. The number of pyridine rings is 1. The van der Waals surface area contributed by atoms with Gasteiger partial charge in [0.15, 0.2) is 0 Å². The molecular formula is C26H28BClFN7S. The monoisotopic (exact) mass is 535 g/mol. The molecule has 0 saturated heterocycles. The summed E-state index contributed by atoms with van der Waals surface area (Å²) in [4.78, 5) is 4.47. The predicted molar refractivity (Wildman–Crippen MR) is 153 cm³/mol. The molecule has 1 unspecified atom stereocenters. The van der Waals surface area contributed by atoms with E-state index in [1.165, 1.54) is 12.1 Å². The van der Waals surface area contributed by atoms with Crippen molar-refractivity contribution in [2.24, 2.45) is 0 Å². The van der Waals surface area contributed by atoms with Crippen LogP contribution in [0.2, 0.25) is 5.02 Å². The molecule has 37 heavy (non-hydrogen) atoms. The topological polar surface area (TPSA) is 91.5 Å². The first-order chi connectivity index (χ1) is 17.6. The second-order valence-corrected chi connectivity index (χ2v) is 15.4. The molecule has 2 heterocycles. The van der Waals surface area contributed by atoms with Crippen LogP contribution in [0.25, 0.3) is 10.9 Å². The molecule has 1 aliphatic rings. The molecule has 2 aromatic carbocycles. The maximum absolute atomic E-state index is 13.8. The van der Waals surface area contributed by atoms with Crippen LogP contribution < -0.4 is 10.6 Å². The standard InChI is InChI=1S/C26H28BClFN7S/c1-37(2,3)15-32-24-16(12-30)13-31-25-21(24)10-19(11-22(25)28)33-26(27,17-4-6-18(29)7-5-17)23-14-36(35-34-23)20-8-9-20/h4-7,10-11,13-14,20,33H,8-9,15,27H2,1-3H3,(H,31,32). The highest BCUT2D eigenvalue weighted by atomic mass is 35.5. The summed E-state index contributed by atoms with van der Waals surface area (Å²) >= 11 is 6.73. The largest absolute Gasteiger partial charge is 0.378 e. The van der Waals surface area contributed by atoms with E-state index in [1.807, 2.05) is 30.9 Å². The first-order valence-electron chi connectivity index (χ1n) is 12.0. The molecule has 1 atom stereocenters. The van der Waals surface area contributed by atoms with E-state index in [-0.39, 0.29) is 5.82 Å². The van der Waals surface area contributed by atoms with Gasteiger partial charge in [-0.25, -0.2) is 19.1 Å². The van der Waals surface area contributed by atoms with Crippen molar-refractivity contribution in [3.05, 3.63) is 76.5 Å². The van der Waals surface area contributed by atoms with Crippen molar-refractivity contribution in [1.29, 1.82) is 5.26 Å². The second kappa shape index (κ2) is 9.55. The SMILES string of the molecule is BC(Nc1cc(Cl)c2ncc(C#N)c(NCS(C)(C)C)c2c1)(c1ccc(F)cc1)c1cn(C2CC2)nn1. The number of hydrogen-bond donors (Lipinski definition) is 2. The average molecular weight is 536 g/mol. The Kier molecular flexibility index (Phi) is 6.54. The fourth-order valence-corrected chi connectivity index (χ4v) is 5.12. The molecule has 0 spiro atoms. The first kappa shape index (κ1) is 25.4. The Balaban J connectivity index is 1.62. The van der Waals surface area contributed by atoms with E-state index in [2.05, 4.69) is 50.8 Å². The number of benzene rings is 2. The highest BCUT2D eigenvalue weighted by molar-refractivity contribution is 8.32. The molecule has 2 N–H and O–H groups in total. The zero-order valence-electron chi connectivity index (χ0n) is 21.2. The molecule has 0 amide bonds. The molecule has 1 aliphatic carbocycles. The minimum absolute atomic E-state index is 0.312. The van der Waals surface area contributed by atoms with Gasteiger partial charge in [-0.15, -0.1) is 5.10 Å². The lowest BCUT2D eigenvalue weighted by Crippen LogP contribution is -2.37. The third-order valence-corrected chi connectivity index (χ3v) is 7.79. The van der Waals surface area contributed by atoms with Gasteiger partial charge < -0.3 is 10.6 Å². The summed E-state index contributed by atoms with van der Waals surface area (Å²) in [7, 11) is 1.11. The number of halogens is 2. The fourth-order valence-electron chi connectivity index (χ4n) is 4.27. The summed E-state index contributed by atoms with van der Waals surface area (Å²) < 4.78 is 15.7. The first-order valence-corrected chi connectivity index (χ1v) is 15.4. The van der Waals surface area contributed by atoms with Gasteiger partial charge in [0.2, 0.25) is 0 Å². The molecule has 1 fully saturated rings. The molecule has 0 aliphatic heterocycles. The summed E-state index contributed by atoms with van der Waals surface area (Å²) in [6.45, 7) is 0. The Hall–Kier alpha value is -3.29. The van der Waals surface area contributed by atoms with E-state index in [9.17, 15) is 9.65 Å². The van der Waals surface area contributed by atoms with Crippen molar-refractivity contribution >= 4 is 51.8 Å². The quantitative estimate of drug-likeness (QED) is 0.314. The Morgan fingerprint density at radius 1 is 1.24 bits per heavy atom. The van der Waals surface area contributed by atoms with Crippen LogP contribution in [0.4, 0.5) is 15.8 Å². The second-order valence-electron chi connectivity index (χ2n) is 10.5. The van der Waals surface area contributed by atoms with Crippen molar-refractivity contribution in [2.45, 2.75) is 24.3 Å². The molecule has 190 valence electrons. The van der Waals surface area contributed by atoms with Crippen LogP contribution >= 0.6 is 21.6 Å². The van der Waals surface area contributed by atoms with Gasteiger partial charge in [0, 0.05) is 23.1 Å². The Bertz CT molecular complexity index is 1510. The van der Waals surface area contributed by atoms with Crippen LogP contribution in [-0.4, -0.2) is 52.5 Å². The lowest BCUT2D eigenvalue weighted by Gasteiger charge is -2.31. The minimum atomic E-state index is -0.878. The van der Waals surface area contributed by atoms with Gasteiger partial charge in [-0.1, -0.05) is 28.9 Å². The lowest BCUT2D eigenvalue weighted by molar-refractivity contribution is 0.610. The highest BCUT2D eigenvalue weighted by Gasteiger charge is 2.34. The van der Waals surface area contributed by atoms with Gasteiger partial charge in [0.05, 0.1) is 39.5 Å². The number of nitriles is 1. The van der Waals surface area contributed by atoms with Gasteiger partial charge in [0.1, 0.15) is 25.4 Å². The van der Waals surface area contributed by atoms with Crippen LogP contribution in [0.3, 0.4) is 0 Å². The number of nitrogens with zero attached hydrogens (tertiary/aromatic N) is 5. The van der Waals surface area contributed by atoms with Crippen LogP contribution in [0.1, 0.15) is 35.7 Å². The number of aromatic nitrogens is 4. The highest BCUT2D eigenvalue weighted by Crippen LogP contribution is 2.40. The van der Waals surface area contributed by atoms with Crippen molar-refractivity contribution in [2.75, 3.05) is 35.3 Å². The minimum Gasteiger partial charge on any atom is -0.378 e. The van der Waals surface area contributed by atoms with Gasteiger partial charge >= 0.3 is 0 Å². The summed E-state index contributed by atoms with van der Waals surface area (Å²) in [5.41, 5.74) is 3.20. The van der Waals surface area contributed by atoms with Crippen molar-refractivity contribution in [3.8, 4) is 6.07 Å². The smallest absolute Gasteiger partial charge is 0.148 e. The summed E-state index contributed by atoms with van der Waals surface area (Å²) in [6, 6.07) is 12.8. The normalized spacial score (nSPS) is 15.7. The average Bonchev–Trinajstić information content (AvgIpc) is 3.58. The van der Waals surface area contributed by atoms with E-state index in [1.54, 1.807) is 18.3 Å². The van der Waals surface area contributed by atoms with Crippen LogP contribution in [0.15, 0.2) is 48.8 Å². The van der Waals surface area contributed by atoms with Crippen LogP contribution in [-0.2, 0) is 5.44 Å². The molecule has 2 aromatic heterocycles. The molecular weight excluding hydrogens is 508 g/mol. The lowest BCUT2D eigenvalue weighted by atomic mass is 9.69. The molecule has 0 bridgehead atoms. The maximum atomic E-state index is 13.8. The third-order valence-electron chi connectivity index (χ3n) is 6.49. The number of nitrogens with one attached hydrogen (secondary N) is 2. The molecule has 4 aromatic rings. The Morgan fingerprint density at radius 2 is 1.97 bits per heavy atom. The molecule has 0 radical (unpaired) electrons.